The van der Waals surface area contributed by atoms with Crippen molar-refractivity contribution in [2.24, 2.45) is 0 Å². The molecule has 3 rings (SSSR count). The van der Waals surface area contributed by atoms with Crippen molar-refractivity contribution in [3.05, 3.63) is 58.7 Å². The molecular formula is C17H15Cl2N3O. The molecule has 118 valence electrons. The molecule has 0 radical (unpaired) electrons. The topological polar surface area (TPSA) is 60.0 Å². The fourth-order valence-electron chi connectivity index (χ4n) is 2.44. The Balaban J connectivity index is 1.66. The Morgan fingerprint density at radius 2 is 1.83 bits per heavy atom. The maximum atomic E-state index is 12.1. The molecule has 0 saturated carbocycles. The van der Waals surface area contributed by atoms with E-state index in [0.717, 1.165) is 10.9 Å². The first-order valence-corrected chi connectivity index (χ1v) is 7.88. The minimum atomic E-state index is -0.111. The van der Waals surface area contributed by atoms with Gasteiger partial charge in [-0.15, -0.1) is 0 Å². The highest BCUT2D eigenvalue weighted by Gasteiger charge is 2.09. The lowest BCUT2D eigenvalue weighted by Crippen LogP contribution is -2.14. The van der Waals surface area contributed by atoms with Crippen molar-refractivity contribution >= 4 is 51.4 Å². The fourth-order valence-corrected chi connectivity index (χ4v) is 2.92. The molecule has 0 aliphatic carbocycles. The zero-order valence-corrected chi connectivity index (χ0v) is 13.7. The first kappa shape index (κ1) is 15.7. The molecule has 23 heavy (non-hydrogen) atoms. The molecule has 0 unspecified atom stereocenters. The van der Waals surface area contributed by atoms with E-state index in [1.807, 2.05) is 36.5 Å². The van der Waals surface area contributed by atoms with E-state index in [-0.39, 0.29) is 5.91 Å². The predicted octanol–water partition coefficient (Wildman–Crippen LogP) is 4.56. The van der Waals surface area contributed by atoms with Crippen molar-refractivity contribution < 1.29 is 4.79 Å². The first-order valence-electron chi connectivity index (χ1n) is 7.13. The molecule has 1 aromatic heterocycles. The molecule has 0 saturated heterocycles. The monoisotopic (exact) mass is 347 g/mol. The third-order valence-electron chi connectivity index (χ3n) is 3.62. The highest BCUT2D eigenvalue weighted by atomic mass is 35.5. The van der Waals surface area contributed by atoms with Crippen molar-refractivity contribution in [3.8, 4) is 0 Å². The second kappa shape index (κ2) is 6.52. The second-order valence-corrected chi connectivity index (χ2v) is 6.03. The van der Waals surface area contributed by atoms with Gasteiger partial charge in [-0.25, -0.2) is 0 Å². The lowest BCUT2D eigenvalue weighted by Gasteiger charge is -2.09. The van der Waals surface area contributed by atoms with E-state index < -0.39 is 0 Å². The molecule has 0 aliphatic rings. The van der Waals surface area contributed by atoms with Crippen LogP contribution in [0.15, 0.2) is 48.7 Å². The Morgan fingerprint density at radius 1 is 1.13 bits per heavy atom. The van der Waals surface area contributed by atoms with Crippen molar-refractivity contribution in [1.82, 2.24) is 4.57 Å². The molecule has 0 bridgehead atoms. The zero-order valence-electron chi connectivity index (χ0n) is 12.2. The fraction of sp³-hybridized carbons (Fsp3) is 0.118. The molecule has 0 atom stereocenters. The van der Waals surface area contributed by atoms with E-state index in [0.29, 0.717) is 34.4 Å². The van der Waals surface area contributed by atoms with Crippen molar-refractivity contribution in [1.29, 1.82) is 0 Å². The van der Waals surface area contributed by atoms with Crippen LogP contribution < -0.4 is 11.1 Å². The highest BCUT2D eigenvalue weighted by molar-refractivity contribution is 6.39. The number of nitrogen functional groups attached to an aromatic ring is 1. The number of hydrogen-bond donors (Lipinski definition) is 2. The molecule has 3 aromatic rings. The van der Waals surface area contributed by atoms with Crippen LogP contribution in [-0.2, 0) is 11.3 Å². The van der Waals surface area contributed by atoms with Crippen LogP contribution in [0.25, 0.3) is 10.9 Å². The summed E-state index contributed by atoms with van der Waals surface area (Å²) in [7, 11) is 0. The molecule has 0 spiro atoms. The molecule has 2 aromatic carbocycles. The lowest BCUT2D eigenvalue weighted by molar-refractivity contribution is -0.116. The minimum absolute atomic E-state index is 0.111. The Kier molecular flexibility index (Phi) is 4.46. The summed E-state index contributed by atoms with van der Waals surface area (Å²) in [5.74, 6) is -0.111. The SMILES string of the molecule is Nc1c(Cl)cc(NC(=O)CCn2ccc3ccccc32)cc1Cl. The summed E-state index contributed by atoms with van der Waals surface area (Å²) >= 11 is 11.9. The van der Waals surface area contributed by atoms with Crippen LogP contribution in [0.1, 0.15) is 6.42 Å². The summed E-state index contributed by atoms with van der Waals surface area (Å²) in [5, 5.41) is 4.59. The molecule has 6 heteroatoms. The van der Waals surface area contributed by atoms with Gasteiger partial charge in [0.25, 0.3) is 0 Å². The van der Waals surface area contributed by atoms with Crippen LogP contribution in [0.4, 0.5) is 11.4 Å². The van der Waals surface area contributed by atoms with Gasteiger partial charge in [0.05, 0.1) is 15.7 Å². The van der Waals surface area contributed by atoms with Gasteiger partial charge in [0.15, 0.2) is 0 Å². The van der Waals surface area contributed by atoms with E-state index in [1.165, 1.54) is 0 Å². The normalized spacial score (nSPS) is 10.9. The number of nitrogens with zero attached hydrogens (tertiary/aromatic N) is 1. The number of nitrogens with one attached hydrogen (secondary N) is 1. The highest BCUT2D eigenvalue weighted by Crippen LogP contribution is 2.31. The van der Waals surface area contributed by atoms with E-state index in [2.05, 4.69) is 9.88 Å². The number of amides is 1. The van der Waals surface area contributed by atoms with Crippen molar-refractivity contribution in [2.45, 2.75) is 13.0 Å². The predicted molar refractivity (Wildman–Crippen MR) is 96.1 cm³/mol. The van der Waals surface area contributed by atoms with Crippen LogP contribution in [0.5, 0.6) is 0 Å². The van der Waals surface area contributed by atoms with Crippen molar-refractivity contribution in [3.63, 3.8) is 0 Å². The molecule has 0 aliphatic heterocycles. The number of carbonyl (C=O) groups is 1. The Labute approximate surface area is 143 Å². The Morgan fingerprint density at radius 3 is 2.57 bits per heavy atom. The third-order valence-corrected chi connectivity index (χ3v) is 4.25. The summed E-state index contributed by atoms with van der Waals surface area (Å²) in [6.45, 7) is 0.593. The maximum Gasteiger partial charge on any atom is 0.226 e. The average molecular weight is 348 g/mol. The standard InChI is InChI=1S/C17H15Cl2N3O/c18-13-9-12(10-14(19)17(13)20)21-16(23)6-8-22-7-5-11-3-1-2-4-15(11)22/h1-5,7,9-10H,6,8,20H2,(H,21,23). The van der Waals surface area contributed by atoms with Crippen LogP contribution >= 0.6 is 23.2 Å². The van der Waals surface area contributed by atoms with Gasteiger partial charge in [0.2, 0.25) is 5.91 Å². The number of hydrogen-bond acceptors (Lipinski definition) is 2. The molecule has 1 heterocycles. The largest absolute Gasteiger partial charge is 0.396 e. The summed E-state index contributed by atoms with van der Waals surface area (Å²) < 4.78 is 2.05. The van der Waals surface area contributed by atoms with E-state index in [9.17, 15) is 4.79 Å². The number of aryl methyl sites for hydroxylation is 1. The first-order chi connectivity index (χ1) is 11.0. The van der Waals surface area contributed by atoms with Gasteiger partial charge in [0, 0.05) is 30.4 Å². The van der Waals surface area contributed by atoms with Crippen LogP contribution in [0, 0.1) is 0 Å². The van der Waals surface area contributed by atoms with Crippen molar-refractivity contribution in [2.75, 3.05) is 11.1 Å². The third kappa shape index (κ3) is 3.44. The summed E-state index contributed by atoms with van der Waals surface area (Å²) in [6, 6.07) is 13.3. The number of anilines is 2. The van der Waals surface area contributed by atoms with Gasteiger partial charge < -0.3 is 15.6 Å². The number of benzene rings is 2. The quantitative estimate of drug-likeness (QED) is 0.679. The number of aromatic nitrogens is 1. The number of nitrogens with two attached hydrogens (primary N) is 1. The zero-order chi connectivity index (χ0) is 16.4. The van der Waals surface area contributed by atoms with Crippen LogP contribution in [-0.4, -0.2) is 10.5 Å². The molecule has 3 N–H and O–H groups in total. The number of halogens is 2. The number of para-hydroxylation sites is 1. The smallest absolute Gasteiger partial charge is 0.226 e. The molecule has 4 nitrogen and oxygen atoms in total. The van der Waals surface area contributed by atoms with Gasteiger partial charge in [-0.1, -0.05) is 41.4 Å². The second-order valence-electron chi connectivity index (χ2n) is 5.22. The minimum Gasteiger partial charge on any atom is -0.396 e. The van der Waals surface area contributed by atoms with Crippen LogP contribution in [0.3, 0.4) is 0 Å². The van der Waals surface area contributed by atoms with Gasteiger partial charge in [0.1, 0.15) is 0 Å². The average Bonchev–Trinajstić information content (AvgIpc) is 2.94. The number of carbonyl (C=O) groups excluding carboxylic acids is 1. The van der Waals surface area contributed by atoms with Gasteiger partial charge >= 0.3 is 0 Å². The lowest BCUT2D eigenvalue weighted by atomic mass is 10.2. The van der Waals surface area contributed by atoms with E-state index in [1.54, 1.807) is 12.1 Å². The summed E-state index contributed by atoms with van der Waals surface area (Å²) in [6.07, 6.45) is 2.33. The Hall–Kier alpha value is -2.17. The number of rotatable bonds is 4. The summed E-state index contributed by atoms with van der Waals surface area (Å²) in [4.78, 5) is 12.1. The molecule has 0 fully saturated rings. The molecular weight excluding hydrogens is 333 g/mol. The van der Waals surface area contributed by atoms with Gasteiger partial charge in [-0.05, 0) is 29.7 Å². The van der Waals surface area contributed by atoms with Gasteiger partial charge in [-0.2, -0.15) is 0 Å². The maximum absolute atomic E-state index is 12.1. The van der Waals surface area contributed by atoms with Gasteiger partial charge in [-0.3, -0.25) is 4.79 Å². The summed E-state index contributed by atoms with van der Waals surface area (Å²) in [5.41, 5.74) is 7.64. The van der Waals surface area contributed by atoms with Crippen LogP contribution in [0.2, 0.25) is 10.0 Å². The molecule has 1 amide bonds. The van der Waals surface area contributed by atoms with E-state index in [4.69, 9.17) is 28.9 Å². The number of fused-ring (bicyclic) bond motifs is 1. The Bertz CT molecular complexity index is 850. The van der Waals surface area contributed by atoms with E-state index >= 15 is 0 Å².